The van der Waals surface area contributed by atoms with Gasteiger partial charge in [-0.15, -0.1) is 0 Å². The minimum atomic E-state index is -0.0387. The quantitative estimate of drug-likeness (QED) is 0.739. The zero-order chi connectivity index (χ0) is 17.8. The summed E-state index contributed by atoms with van der Waals surface area (Å²) >= 11 is 0. The summed E-state index contributed by atoms with van der Waals surface area (Å²) in [5.74, 6) is 0.954. The van der Waals surface area contributed by atoms with Crippen LogP contribution in [0.15, 0.2) is 0 Å². The molecule has 0 radical (unpaired) electrons. The van der Waals surface area contributed by atoms with Crippen LogP contribution in [0.2, 0.25) is 0 Å². The predicted molar refractivity (Wildman–Crippen MR) is 90.8 cm³/mol. The van der Waals surface area contributed by atoms with E-state index < -0.39 is 0 Å². The number of likely N-dealkylation sites (tertiary alicyclic amines) is 2. The summed E-state index contributed by atoms with van der Waals surface area (Å²) in [6.07, 6.45) is 2.36. The first kappa shape index (κ1) is 18.0. The molecule has 3 fully saturated rings. The highest BCUT2D eigenvalue weighted by atomic mass is 16.5. The number of hydrogen-bond acceptors (Lipinski definition) is 4. The molecule has 4 amide bonds. The zero-order valence-corrected chi connectivity index (χ0v) is 14.9. The Labute approximate surface area is 148 Å². The fraction of sp³-hybridized carbons (Fsp3) is 0.824. The molecule has 25 heavy (non-hydrogen) atoms. The molecule has 0 aliphatic carbocycles. The van der Waals surface area contributed by atoms with Crippen LogP contribution in [0.3, 0.4) is 0 Å². The molecule has 0 bridgehead atoms. The minimum Gasteiger partial charge on any atom is -0.375 e. The number of nitrogens with zero attached hydrogens (tertiary/aromatic N) is 3. The lowest BCUT2D eigenvalue weighted by molar-refractivity contribution is -0.138. The van der Waals surface area contributed by atoms with Crippen LogP contribution in [-0.2, 0) is 14.3 Å². The first-order valence-corrected chi connectivity index (χ1v) is 9.15. The van der Waals surface area contributed by atoms with Gasteiger partial charge >= 0.3 is 6.03 Å². The van der Waals surface area contributed by atoms with Gasteiger partial charge in [0.15, 0.2) is 0 Å². The van der Waals surface area contributed by atoms with E-state index in [0.717, 1.165) is 19.4 Å². The molecule has 2 unspecified atom stereocenters. The summed E-state index contributed by atoms with van der Waals surface area (Å²) in [4.78, 5) is 41.8. The molecule has 140 valence electrons. The normalized spacial score (nSPS) is 27.2. The SMILES string of the molecule is COCC(=O)N1CCC2CC(=O)N(CCN3CCNC3=O)CCC2C1. The van der Waals surface area contributed by atoms with Gasteiger partial charge in [-0.3, -0.25) is 9.59 Å². The molecule has 3 aliphatic heterocycles. The van der Waals surface area contributed by atoms with Crippen LogP contribution in [0.5, 0.6) is 0 Å². The molecule has 0 aromatic heterocycles. The Morgan fingerprint density at radius 2 is 1.88 bits per heavy atom. The molecule has 3 heterocycles. The maximum atomic E-state index is 12.6. The van der Waals surface area contributed by atoms with Crippen molar-refractivity contribution in [3.05, 3.63) is 0 Å². The number of urea groups is 1. The summed E-state index contributed by atoms with van der Waals surface area (Å²) in [5, 5.41) is 2.78. The van der Waals surface area contributed by atoms with E-state index in [4.69, 9.17) is 4.74 Å². The van der Waals surface area contributed by atoms with E-state index in [9.17, 15) is 14.4 Å². The van der Waals surface area contributed by atoms with Crippen molar-refractivity contribution < 1.29 is 19.1 Å². The summed E-state index contributed by atoms with van der Waals surface area (Å²) in [5.41, 5.74) is 0. The number of nitrogens with one attached hydrogen (secondary N) is 1. The van der Waals surface area contributed by atoms with Crippen molar-refractivity contribution in [2.75, 3.05) is 59.5 Å². The van der Waals surface area contributed by atoms with E-state index in [1.54, 1.807) is 4.90 Å². The van der Waals surface area contributed by atoms with Gasteiger partial charge in [0.2, 0.25) is 11.8 Å². The number of fused-ring (bicyclic) bond motifs is 1. The van der Waals surface area contributed by atoms with Crippen LogP contribution in [-0.4, -0.2) is 92.1 Å². The first-order chi connectivity index (χ1) is 12.1. The van der Waals surface area contributed by atoms with E-state index in [0.29, 0.717) is 57.5 Å². The van der Waals surface area contributed by atoms with Gasteiger partial charge in [-0.25, -0.2) is 4.79 Å². The molecule has 3 rings (SSSR count). The fourth-order valence-corrected chi connectivity index (χ4v) is 4.12. The van der Waals surface area contributed by atoms with Crippen LogP contribution in [0.4, 0.5) is 4.79 Å². The van der Waals surface area contributed by atoms with Crippen molar-refractivity contribution in [3.63, 3.8) is 0 Å². The number of hydrogen-bond donors (Lipinski definition) is 1. The highest BCUT2D eigenvalue weighted by Crippen LogP contribution is 2.32. The summed E-state index contributed by atoms with van der Waals surface area (Å²) in [6, 6.07) is -0.0387. The standard InChI is InChI=1S/C17H28N4O4/c1-25-12-16(23)21-6-2-13-10-15(22)19(5-3-14(13)11-21)8-9-20-7-4-18-17(20)24/h13-14H,2-12H2,1H3,(H,18,24). The third-order valence-corrected chi connectivity index (χ3v) is 5.66. The maximum Gasteiger partial charge on any atom is 0.317 e. The Balaban J connectivity index is 1.53. The van der Waals surface area contributed by atoms with Gasteiger partial charge in [-0.2, -0.15) is 0 Å². The highest BCUT2D eigenvalue weighted by Gasteiger charge is 2.36. The largest absolute Gasteiger partial charge is 0.375 e. The molecular formula is C17H28N4O4. The van der Waals surface area contributed by atoms with Crippen molar-refractivity contribution in [3.8, 4) is 0 Å². The van der Waals surface area contributed by atoms with Gasteiger partial charge in [0, 0.05) is 59.3 Å². The van der Waals surface area contributed by atoms with E-state index in [-0.39, 0.29) is 24.5 Å². The highest BCUT2D eigenvalue weighted by molar-refractivity contribution is 5.79. The van der Waals surface area contributed by atoms with Gasteiger partial charge in [0.1, 0.15) is 6.61 Å². The van der Waals surface area contributed by atoms with E-state index in [1.807, 2.05) is 9.80 Å². The second-order valence-electron chi connectivity index (χ2n) is 7.17. The molecule has 8 nitrogen and oxygen atoms in total. The Bertz CT molecular complexity index is 527. The predicted octanol–water partition coefficient (Wildman–Crippen LogP) is -0.255. The van der Waals surface area contributed by atoms with Crippen LogP contribution in [0.1, 0.15) is 19.3 Å². The van der Waals surface area contributed by atoms with Crippen LogP contribution in [0.25, 0.3) is 0 Å². The first-order valence-electron chi connectivity index (χ1n) is 9.15. The lowest BCUT2D eigenvalue weighted by Gasteiger charge is -2.37. The van der Waals surface area contributed by atoms with Gasteiger partial charge in [-0.05, 0) is 24.7 Å². The number of amides is 4. The molecule has 3 saturated heterocycles. The van der Waals surface area contributed by atoms with Crippen LogP contribution in [0, 0.1) is 11.8 Å². The number of methoxy groups -OCH3 is 1. The summed E-state index contributed by atoms with van der Waals surface area (Å²) < 4.78 is 4.95. The molecule has 0 aromatic carbocycles. The topological polar surface area (TPSA) is 82.2 Å². The molecule has 0 aromatic rings. The lowest BCUT2D eigenvalue weighted by atomic mass is 9.82. The Hall–Kier alpha value is -1.83. The molecule has 0 spiro atoms. The third-order valence-electron chi connectivity index (χ3n) is 5.66. The molecule has 1 N–H and O–H groups in total. The van der Waals surface area contributed by atoms with Crippen molar-refractivity contribution in [2.24, 2.45) is 11.8 Å². The van der Waals surface area contributed by atoms with Crippen molar-refractivity contribution in [2.45, 2.75) is 19.3 Å². The van der Waals surface area contributed by atoms with Crippen molar-refractivity contribution in [1.29, 1.82) is 0 Å². The van der Waals surface area contributed by atoms with Crippen molar-refractivity contribution >= 4 is 17.8 Å². The van der Waals surface area contributed by atoms with Crippen LogP contribution < -0.4 is 5.32 Å². The average molecular weight is 352 g/mol. The monoisotopic (exact) mass is 352 g/mol. The third kappa shape index (κ3) is 4.23. The minimum absolute atomic E-state index is 0.0356. The molecule has 3 aliphatic rings. The molecule has 0 saturated carbocycles. The smallest absolute Gasteiger partial charge is 0.317 e. The Morgan fingerprint density at radius 1 is 1.12 bits per heavy atom. The van der Waals surface area contributed by atoms with E-state index in [2.05, 4.69) is 5.32 Å². The lowest BCUT2D eigenvalue weighted by Crippen LogP contribution is -2.45. The Kier molecular flexibility index (Phi) is 5.78. The second kappa shape index (κ2) is 8.03. The number of carbonyl (C=O) groups is 3. The van der Waals surface area contributed by atoms with Crippen molar-refractivity contribution in [1.82, 2.24) is 20.0 Å². The van der Waals surface area contributed by atoms with Crippen LogP contribution >= 0.6 is 0 Å². The molecule has 8 heteroatoms. The van der Waals surface area contributed by atoms with Gasteiger partial charge in [0.05, 0.1) is 0 Å². The number of carbonyl (C=O) groups excluding carboxylic acids is 3. The fourth-order valence-electron chi connectivity index (χ4n) is 4.12. The molecular weight excluding hydrogens is 324 g/mol. The summed E-state index contributed by atoms with van der Waals surface area (Å²) in [6.45, 7) is 4.85. The molecule has 2 atom stereocenters. The second-order valence-corrected chi connectivity index (χ2v) is 7.17. The maximum absolute atomic E-state index is 12.6. The summed E-state index contributed by atoms with van der Waals surface area (Å²) in [7, 11) is 1.54. The number of rotatable bonds is 5. The van der Waals surface area contributed by atoms with Gasteiger partial charge in [-0.1, -0.05) is 0 Å². The van der Waals surface area contributed by atoms with Gasteiger partial charge in [0.25, 0.3) is 0 Å². The Morgan fingerprint density at radius 3 is 2.60 bits per heavy atom. The number of ether oxygens (including phenoxy) is 1. The van der Waals surface area contributed by atoms with E-state index >= 15 is 0 Å². The van der Waals surface area contributed by atoms with E-state index in [1.165, 1.54) is 7.11 Å². The zero-order valence-electron chi connectivity index (χ0n) is 14.9. The number of piperidine rings is 1. The average Bonchev–Trinajstić information content (AvgIpc) is 2.93. The van der Waals surface area contributed by atoms with Gasteiger partial charge < -0.3 is 24.8 Å².